The first kappa shape index (κ1) is 15.5. The van der Waals surface area contributed by atoms with Crippen molar-refractivity contribution in [1.82, 2.24) is 5.32 Å². The zero-order valence-corrected chi connectivity index (χ0v) is 11.1. The number of rotatable bonds is 5. The molecule has 0 radical (unpaired) electrons. The predicted octanol–water partition coefficient (Wildman–Crippen LogP) is 2.10. The van der Waals surface area contributed by atoms with Gasteiger partial charge in [-0.05, 0) is 25.2 Å². The molecule has 4 heteroatoms. The van der Waals surface area contributed by atoms with Gasteiger partial charge in [-0.15, -0.1) is 0 Å². The highest BCUT2D eigenvalue weighted by atomic mass is 16.3. The zero-order valence-electron chi connectivity index (χ0n) is 11.1. The van der Waals surface area contributed by atoms with Crippen molar-refractivity contribution in [2.45, 2.75) is 13.8 Å². The van der Waals surface area contributed by atoms with Crippen molar-refractivity contribution in [1.29, 1.82) is 0 Å². The highest BCUT2D eigenvalue weighted by Crippen LogP contribution is 2.19. The molecule has 0 spiro atoms. The number of likely N-dealkylation sites (N-methyl/N-ethyl adjacent to an activating group) is 1. The van der Waals surface area contributed by atoms with E-state index < -0.39 is 0 Å². The molecular formula is C13H23N3O. The van der Waals surface area contributed by atoms with E-state index in [2.05, 4.69) is 15.6 Å². The topological polar surface area (TPSA) is 56.7 Å². The first-order valence-corrected chi connectivity index (χ1v) is 5.93. The lowest BCUT2D eigenvalue weighted by molar-refractivity contribution is 0.474. The maximum absolute atomic E-state index is 9.55. The van der Waals surface area contributed by atoms with Crippen molar-refractivity contribution in [3.63, 3.8) is 0 Å². The van der Waals surface area contributed by atoms with Crippen LogP contribution in [0.1, 0.15) is 19.4 Å². The van der Waals surface area contributed by atoms with Crippen LogP contribution >= 0.6 is 0 Å². The highest BCUT2D eigenvalue weighted by Gasteiger charge is 1.98. The van der Waals surface area contributed by atoms with Gasteiger partial charge in [0.1, 0.15) is 5.75 Å². The van der Waals surface area contributed by atoms with E-state index in [-0.39, 0.29) is 5.75 Å². The van der Waals surface area contributed by atoms with E-state index in [1.54, 1.807) is 12.3 Å². The molecule has 4 nitrogen and oxygen atoms in total. The summed E-state index contributed by atoms with van der Waals surface area (Å²) < 4.78 is 0. The zero-order chi connectivity index (χ0) is 13.1. The number of hydrogen-bond acceptors (Lipinski definition) is 4. The van der Waals surface area contributed by atoms with Gasteiger partial charge in [0.05, 0.1) is 6.54 Å². The Balaban J connectivity index is 0.00000121. The first-order chi connectivity index (χ1) is 8.27. The number of anilines is 1. The van der Waals surface area contributed by atoms with Crippen LogP contribution in [-0.2, 0) is 0 Å². The number of benzene rings is 1. The van der Waals surface area contributed by atoms with Crippen LogP contribution in [0.4, 0.5) is 5.69 Å². The maximum Gasteiger partial charge on any atom is 0.124 e. The Morgan fingerprint density at radius 1 is 1.29 bits per heavy atom. The minimum Gasteiger partial charge on any atom is -0.507 e. The van der Waals surface area contributed by atoms with Crippen LogP contribution in [0.15, 0.2) is 23.2 Å². The van der Waals surface area contributed by atoms with Gasteiger partial charge in [0.25, 0.3) is 0 Å². The Morgan fingerprint density at radius 2 is 2.00 bits per heavy atom. The highest BCUT2D eigenvalue weighted by molar-refractivity contribution is 5.85. The summed E-state index contributed by atoms with van der Waals surface area (Å²) in [6.45, 7) is 5.54. The summed E-state index contributed by atoms with van der Waals surface area (Å²) in [5.74, 6) is 0.252. The van der Waals surface area contributed by atoms with Crippen LogP contribution in [0.3, 0.4) is 0 Å². The number of hydrogen-bond donors (Lipinski definition) is 3. The molecular weight excluding hydrogens is 214 g/mol. The second-order valence-electron chi connectivity index (χ2n) is 3.16. The molecule has 0 aliphatic carbocycles. The second kappa shape index (κ2) is 9.66. The summed E-state index contributed by atoms with van der Waals surface area (Å²) in [6.07, 6.45) is 1.69. The van der Waals surface area contributed by atoms with Crippen LogP contribution in [-0.4, -0.2) is 38.5 Å². The lowest BCUT2D eigenvalue weighted by Gasteiger charge is -2.03. The van der Waals surface area contributed by atoms with Crippen LogP contribution < -0.4 is 10.6 Å². The number of nitrogens with zero attached hydrogens (tertiary/aromatic N) is 1. The van der Waals surface area contributed by atoms with Crippen molar-refractivity contribution < 1.29 is 5.11 Å². The Morgan fingerprint density at radius 3 is 2.59 bits per heavy atom. The third-order valence-corrected chi connectivity index (χ3v) is 2.04. The average Bonchev–Trinajstić information content (AvgIpc) is 2.39. The van der Waals surface area contributed by atoms with E-state index >= 15 is 0 Å². The monoisotopic (exact) mass is 237 g/mol. The van der Waals surface area contributed by atoms with Gasteiger partial charge in [-0.1, -0.05) is 13.8 Å². The van der Waals surface area contributed by atoms with Crippen molar-refractivity contribution >= 4 is 11.9 Å². The fourth-order valence-corrected chi connectivity index (χ4v) is 1.15. The fraction of sp³-hybridized carbons (Fsp3) is 0.462. The van der Waals surface area contributed by atoms with Gasteiger partial charge >= 0.3 is 0 Å². The van der Waals surface area contributed by atoms with E-state index in [4.69, 9.17) is 0 Å². The Kier molecular flexibility index (Phi) is 8.78. The molecule has 1 aromatic carbocycles. The molecule has 17 heavy (non-hydrogen) atoms. The number of aliphatic imine (C=N–C) groups is 1. The van der Waals surface area contributed by atoms with Crippen molar-refractivity contribution in [2.75, 3.05) is 32.5 Å². The van der Waals surface area contributed by atoms with E-state index in [9.17, 15) is 5.11 Å². The first-order valence-electron chi connectivity index (χ1n) is 5.93. The average molecular weight is 237 g/mol. The molecule has 1 aromatic rings. The molecule has 0 saturated heterocycles. The number of aromatic hydroxyl groups is 1. The smallest absolute Gasteiger partial charge is 0.124 e. The van der Waals surface area contributed by atoms with E-state index in [1.165, 1.54) is 0 Å². The van der Waals surface area contributed by atoms with Crippen LogP contribution in [0, 0.1) is 0 Å². The van der Waals surface area contributed by atoms with Gasteiger partial charge in [0, 0.05) is 31.1 Å². The van der Waals surface area contributed by atoms with Gasteiger partial charge in [-0.3, -0.25) is 4.99 Å². The Labute approximate surface area is 104 Å². The minimum absolute atomic E-state index is 0.252. The molecule has 96 valence electrons. The fourth-order valence-electron chi connectivity index (χ4n) is 1.15. The largest absolute Gasteiger partial charge is 0.507 e. The summed E-state index contributed by atoms with van der Waals surface area (Å²) >= 11 is 0. The van der Waals surface area contributed by atoms with Crippen molar-refractivity contribution in [3.05, 3.63) is 23.8 Å². The number of phenolic OH excluding ortho intramolecular Hbond substituents is 1. The molecule has 1 rings (SSSR count). The molecule has 0 amide bonds. The van der Waals surface area contributed by atoms with E-state index in [0.717, 1.165) is 17.8 Å². The summed E-state index contributed by atoms with van der Waals surface area (Å²) in [4.78, 5) is 4.19. The Hall–Kier alpha value is -1.55. The van der Waals surface area contributed by atoms with Gasteiger partial charge in [0.2, 0.25) is 0 Å². The van der Waals surface area contributed by atoms with Crippen LogP contribution in [0.25, 0.3) is 0 Å². The van der Waals surface area contributed by atoms with Gasteiger partial charge < -0.3 is 15.7 Å². The number of nitrogens with one attached hydrogen (secondary N) is 2. The molecule has 0 unspecified atom stereocenters. The number of phenols is 1. The molecule has 0 fully saturated rings. The molecule has 0 atom stereocenters. The van der Waals surface area contributed by atoms with E-state index in [0.29, 0.717) is 6.54 Å². The molecule has 3 N–H and O–H groups in total. The summed E-state index contributed by atoms with van der Waals surface area (Å²) in [6, 6.07) is 5.34. The molecule has 0 aliphatic rings. The van der Waals surface area contributed by atoms with Gasteiger partial charge in [-0.2, -0.15) is 0 Å². The Bertz CT molecular complexity index is 337. The third kappa shape index (κ3) is 5.92. The van der Waals surface area contributed by atoms with Gasteiger partial charge in [0.15, 0.2) is 0 Å². The normalized spacial score (nSPS) is 9.88. The quantitative estimate of drug-likeness (QED) is 0.417. The molecule has 0 saturated carbocycles. The molecule has 0 aromatic heterocycles. The second-order valence-corrected chi connectivity index (χ2v) is 3.16. The standard InChI is InChI=1S/C11H17N3O.C2H6/c1-12-5-6-14-8-9-7-10(13-2)3-4-11(9)15;1-2/h3-4,7-8,12-13,15H,5-6H2,1-2H3;1-2H3. The van der Waals surface area contributed by atoms with Crippen LogP contribution in [0.5, 0.6) is 5.75 Å². The predicted molar refractivity (Wildman–Crippen MR) is 75.4 cm³/mol. The third-order valence-electron chi connectivity index (χ3n) is 2.04. The minimum atomic E-state index is 0.252. The molecule has 0 aliphatic heterocycles. The van der Waals surface area contributed by atoms with E-state index in [1.807, 2.05) is 40.1 Å². The van der Waals surface area contributed by atoms with Gasteiger partial charge in [-0.25, -0.2) is 0 Å². The summed E-state index contributed by atoms with van der Waals surface area (Å²) in [5, 5.41) is 15.6. The molecule has 0 bridgehead atoms. The van der Waals surface area contributed by atoms with Crippen LogP contribution in [0.2, 0.25) is 0 Å². The summed E-state index contributed by atoms with van der Waals surface area (Å²) in [7, 11) is 3.73. The van der Waals surface area contributed by atoms with Crippen molar-refractivity contribution in [2.24, 2.45) is 4.99 Å². The lowest BCUT2D eigenvalue weighted by atomic mass is 10.2. The SMILES string of the molecule is CC.CNCCN=Cc1cc(NC)ccc1O. The van der Waals surface area contributed by atoms with Crippen molar-refractivity contribution in [3.8, 4) is 5.75 Å². The lowest BCUT2D eigenvalue weighted by Crippen LogP contribution is -2.10. The summed E-state index contributed by atoms with van der Waals surface area (Å²) in [5.41, 5.74) is 1.70. The molecule has 0 heterocycles. The maximum atomic E-state index is 9.55.